The number of thiophene rings is 1. The van der Waals surface area contributed by atoms with E-state index in [1.54, 1.807) is 17.5 Å². The zero-order valence-corrected chi connectivity index (χ0v) is 11.9. The fourth-order valence-corrected chi connectivity index (χ4v) is 2.99. The molecule has 0 fully saturated rings. The van der Waals surface area contributed by atoms with E-state index in [9.17, 15) is 4.79 Å². The lowest BCUT2D eigenvalue weighted by molar-refractivity contribution is -0.119. The molecule has 0 bridgehead atoms. The molecule has 0 aliphatic heterocycles. The summed E-state index contributed by atoms with van der Waals surface area (Å²) in [7, 11) is 1.92. The van der Waals surface area contributed by atoms with E-state index in [2.05, 4.69) is 10.3 Å². The van der Waals surface area contributed by atoms with E-state index in [-0.39, 0.29) is 11.9 Å². The first-order valence-electron chi connectivity index (χ1n) is 5.59. The topological polar surface area (TPSA) is 46.9 Å². The average molecular weight is 281 g/mol. The minimum atomic E-state index is 0.0314. The Hall–Kier alpha value is -1.27. The van der Waals surface area contributed by atoms with Crippen LogP contribution in [0.25, 0.3) is 0 Å². The molecule has 96 valence electrons. The van der Waals surface area contributed by atoms with Gasteiger partial charge in [0, 0.05) is 24.3 Å². The van der Waals surface area contributed by atoms with Gasteiger partial charge in [-0.3, -0.25) is 4.79 Å². The number of aromatic nitrogens is 2. The van der Waals surface area contributed by atoms with Gasteiger partial charge in [-0.1, -0.05) is 17.8 Å². The highest BCUT2D eigenvalue weighted by atomic mass is 32.2. The van der Waals surface area contributed by atoms with Crippen LogP contribution in [0.1, 0.15) is 17.8 Å². The van der Waals surface area contributed by atoms with Gasteiger partial charge >= 0.3 is 0 Å². The van der Waals surface area contributed by atoms with Crippen LogP contribution in [0.4, 0.5) is 0 Å². The molecular formula is C12H15N3OS2. The van der Waals surface area contributed by atoms with Gasteiger partial charge in [-0.05, 0) is 18.4 Å². The molecule has 1 N–H and O–H groups in total. The summed E-state index contributed by atoms with van der Waals surface area (Å²) in [5.41, 5.74) is 0. The van der Waals surface area contributed by atoms with Crippen molar-refractivity contribution in [1.29, 1.82) is 0 Å². The fraction of sp³-hybridized carbons (Fsp3) is 0.333. The molecule has 2 heterocycles. The van der Waals surface area contributed by atoms with E-state index in [0.29, 0.717) is 5.75 Å². The summed E-state index contributed by atoms with van der Waals surface area (Å²) in [6, 6.07) is 4.09. The molecule has 6 heteroatoms. The van der Waals surface area contributed by atoms with Gasteiger partial charge < -0.3 is 9.88 Å². The van der Waals surface area contributed by atoms with Gasteiger partial charge in [0.2, 0.25) is 5.91 Å². The third-order valence-corrected chi connectivity index (χ3v) is 4.57. The van der Waals surface area contributed by atoms with E-state index in [1.807, 2.05) is 42.2 Å². The number of imidazole rings is 1. The van der Waals surface area contributed by atoms with Crippen molar-refractivity contribution in [3.63, 3.8) is 0 Å². The van der Waals surface area contributed by atoms with Gasteiger partial charge in [0.1, 0.15) is 0 Å². The van der Waals surface area contributed by atoms with Crippen molar-refractivity contribution in [2.24, 2.45) is 7.05 Å². The lowest BCUT2D eigenvalue weighted by Gasteiger charge is -2.11. The fourth-order valence-electron chi connectivity index (χ4n) is 1.51. The van der Waals surface area contributed by atoms with Crippen LogP contribution in [0.5, 0.6) is 0 Å². The predicted molar refractivity (Wildman–Crippen MR) is 74.8 cm³/mol. The maximum absolute atomic E-state index is 11.8. The van der Waals surface area contributed by atoms with Crippen LogP contribution in [-0.2, 0) is 11.8 Å². The van der Waals surface area contributed by atoms with Crippen molar-refractivity contribution >= 4 is 29.0 Å². The number of carbonyl (C=O) groups excluding carboxylic acids is 1. The molecular weight excluding hydrogens is 266 g/mol. The van der Waals surface area contributed by atoms with Gasteiger partial charge in [0.05, 0.1) is 11.8 Å². The number of aryl methyl sites for hydroxylation is 1. The Morgan fingerprint density at radius 1 is 1.67 bits per heavy atom. The number of thioether (sulfide) groups is 1. The molecule has 1 unspecified atom stereocenters. The summed E-state index contributed by atoms with van der Waals surface area (Å²) < 4.78 is 1.90. The van der Waals surface area contributed by atoms with Crippen LogP contribution in [0, 0.1) is 0 Å². The van der Waals surface area contributed by atoms with Crippen LogP contribution in [-0.4, -0.2) is 21.2 Å². The first-order valence-corrected chi connectivity index (χ1v) is 7.46. The lowest BCUT2D eigenvalue weighted by atomic mass is 10.3. The largest absolute Gasteiger partial charge is 0.348 e. The van der Waals surface area contributed by atoms with Crippen LogP contribution in [0.2, 0.25) is 0 Å². The van der Waals surface area contributed by atoms with E-state index in [0.717, 1.165) is 5.16 Å². The Balaban J connectivity index is 1.81. The number of amides is 1. The highest BCUT2D eigenvalue weighted by molar-refractivity contribution is 7.99. The van der Waals surface area contributed by atoms with Crippen molar-refractivity contribution in [2.75, 3.05) is 5.75 Å². The van der Waals surface area contributed by atoms with Gasteiger partial charge in [0.15, 0.2) is 5.16 Å². The molecule has 4 nitrogen and oxygen atoms in total. The highest BCUT2D eigenvalue weighted by Crippen LogP contribution is 2.19. The molecule has 2 aromatic heterocycles. The van der Waals surface area contributed by atoms with Gasteiger partial charge in [-0.15, -0.1) is 11.3 Å². The van der Waals surface area contributed by atoms with Crippen molar-refractivity contribution < 1.29 is 4.79 Å². The predicted octanol–water partition coefficient (Wildman–Crippen LogP) is 2.45. The maximum Gasteiger partial charge on any atom is 0.230 e. The maximum atomic E-state index is 11.8. The summed E-state index contributed by atoms with van der Waals surface area (Å²) in [5.74, 6) is 0.421. The number of nitrogens with one attached hydrogen (secondary N) is 1. The number of carbonyl (C=O) groups is 1. The van der Waals surface area contributed by atoms with Crippen LogP contribution in [0.3, 0.4) is 0 Å². The zero-order valence-electron chi connectivity index (χ0n) is 10.3. The van der Waals surface area contributed by atoms with Gasteiger partial charge in [-0.2, -0.15) is 0 Å². The monoisotopic (exact) mass is 281 g/mol. The number of rotatable bonds is 5. The molecule has 0 saturated carbocycles. The van der Waals surface area contributed by atoms with E-state index in [1.165, 1.54) is 16.6 Å². The second kappa shape index (κ2) is 6.06. The van der Waals surface area contributed by atoms with Gasteiger partial charge in [-0.25, -0.2) is 4.98 Å². The normalized spacial score (nSPS) is 12.3. The van der Waals surface area contributed by atoms with Crippen molar-refractivity contribution in [3.8, 4) is 0 Å². The second-order valence-corrected chi connectivity index (χ2v) is 5.84. The number of hydrogen-bond donors (Lipinski definition) is 1. The summed E-state index contributed by atoms with van der Waals surface area (Å²) in [6.45, 7) is 2.00. The Labute approximate surface area is 114 Å². The molecule has 2 aromatic rings. The minimum absolute atomic E-state index is 0.0314. The molecule has 1 amide bonds. The first-order chi connectivity index (χ1) is 8.66. The molecule has 0 radical (unpaired) electrons. The molecule has 2 rings (SSSR count). The Morgan fingerprint density at radius 2 is 2.50 bits per heavy atom. The van der Waals surface area contributed by atoms with Crippen molar-refractivity contribution in [3.05, 3.63) is 34.8 Å². The number of nitrogens with zero attached hydrogens (tertiary/aromatic N) is 2. The molecule has 0 saturated heterocycles. The zero-order chi connectivity index (χ0) is 13.0. The van der Waals surface area contributed by atoms with E-state index in [4.69, 9.17) is 0 Å². The third-order valence-electron chi connectivity index (χ3n) is 2.46. The van der Waals surface area contributed by atoms with Crippen LogP contribution < -0.4 is 5.32 Å². The quantitative estimate of drug-likeness (QED) is 0.856. The van der Waals surface area contributed by atoms with Gasteiger partial charge in [0.25, 0.3) is 0 Å². The molecule has 0 aromatic carbocycles. The second-order valence-electron chi connectivity index (χ2n) is 3.91. The molecule has 0 spiro atoms. The average Bonchev–Trinajstić information content (AvgIpc) is 2.97. The van der Waals surface area contributed by atoms with Crippen LogP contribution in [0.15, 0.2) is 35.1 Å². The first kappa shape index (κ1) is 13.2. The standard InChI is InChI=1S/C12H15N3OS2/c1-9(10-4-3-7-17-10)14-11(16)8-18-12-13-5-6-15(12)2/h3-7,9H,8H2,1-2H3,(H,14,16). The Bertz CT molecular complexity index is 507. The minimum Gasteiger partial charge on any atom is -0.348 e. The molecule has 0 aliphatic rings. The Kier molecular flexibility index (Phi) is 4.43. The highest BCUT2D eigenvalue weighted by Gasteiger charge is 2.11. The summed E-state index contributed by atoms with van der Waals surface area (Å²) in [6.07, 6.45) is 3.60. The van der Waals surface area contributed by atoms with E-state index < -0.39 is 0 Å². The van der Waals surface area contributed by atoms with E-state index >= 15 is 0 Å². The molecule has 0 aliphatic carbocycles. The van der Waals surface area contributed by atoms with Crippen molar-refractivity contribution in [2.45, 2.75) is 18.1 Å². The third kappa shape index (κ3) is 3.36. The SMILES string of the molecule is CC(NC(=O)CSc1nccn1C)c1cccs1. The molecule has 1 atom stereocenters. The molecule has 18 heavy (non-hydrogen) atoms. The Morgan fingerprint density at radius 3 is 3.11 bits per heavy atom. The van der Waals surface area contributed by atoms with Crippen molar-refractivity contribution in [1.82, 2.24) is 14.9 Å². The summed E-state index contributed by atoms with van der Waals surface area (Å²) in [5, 5.41) is 5.85. The smallest absolute Gasteiger partial charge is 0.230 e. The summed E-state index contributed by atoms with van der Waals surface area (Å²) in [4.78, 5) is 17.1. The van der Waals surface area contributed by atoms with Crippen LogP contribution >= 0.6 is 23.1 Å². The number of hydrogen-bond acceptors (Lipinski definition) is 4. The summed E-state index contributed by atoms with van der Waals surface area (Å²) >= 11 is 3.10. The lowest BCUT2D eigenvalue weighted by Crippen LogP contribution is -2.27.